The van der Waals surface area contributed by atoms with E-state index < -0.39 is 0 Å². The van der Waals surface area contributed by atoms with Crippen molar-refractivity contribution in [2.75, 3.05) is 0 Å². The van der Waals surface area contributed by atoms with Crippen molar-refractivity contribution >= 4 is 33.2 Å². The number of thiophene rings is 1. The molecule has 1 rings (SSSR count). The summed E-state index contributed by atoms with van der Waals surface area (Å²) in [6.45, 7) is 2.63. The van der Waals surface area contributed by atoms with Crippen LogP contribution in [0.5, 0.6) is 0 Å². The van der Waals surface area contributed by atoms with Gasteiger partial charge in [-0.15, -0.1) is 11.3 Å². The molecule has 14 heavy (non-hydrogen) atoms. The van der Waals surface area contributed by atoms with Crippen LogP contribution in [-0.2, 0) is 11.3 Å². The summed E-state index contributed by atoms with van der Waals surface area (Å²) in [6.07, 6.45) is 0.724. The van der Waals surface area contributed by atoms with Gasteiger partial charge in [0.1, 0.15) is 0 Å². The SMILES string of the molecule is CCC(NCc1cc(Br)cs1)C(N)=O. The van der Waals surface area contributed by atoms with Gasteiger partial charge in [-0.1, -0.05) is 6.92 Å². The molecule has 1 heterocycles. The zero-order chi connectivity index (χ0) is 10.6. The van der Waals surface area contributed by atoms with Crippen LogP contribution in [-0.4, -0.2) is 11.9 Å². The predicted molar refractivity (Wildman–Crippen MR) is 62.1 cm³/mol. The number of hydrogen-bond acceptors (Lipinski definition) is 3. The number of primary amides is 1. The molecule has 0 aliphatic rings. The van der Waals surface area contributed by atoms with E-state index in [1.807, 2.05) is 18.4 Å². The lowest BCUT2D eigenvalue weighted by atomic mass is 10.2. The Balaban J connectivity index is 2.43. The number of nitrogens with two attached hydrogens (primary N) is 1. The van der Waals surface area contributed by atoms with E-state index in [1.54, 1.807) is 11.3 Å². The van der Waals surface area contributed by atoms with Gasteiger partial charge in [-0.3, -0.25) is 4.79 Å². The van der Waals surface area contributed by atoms with Crippen LogP contribution in [0.3, 0.4) is 0 Å². The Bertz CT molecular complexity index is 314. The predicted octanol–water partition coefficient (Wildman–Crippen LogP) is 1.86. The first-order valence-corrected chi connectivity index (χ1v) is 6.06. The minimum atomic E-state index is -0.289. The van der Waals surface area contributed by atoms with E-state index in [9.17, 15) is 4.79 Å². The summed E-state index contributed by atoms with van der Waals surface area (Å²) in [5, 5.41) is 5.13. The number of carbonyl (C=O) groups excluding carboxylic acids is 1. The van der Waals surface area contributed by atoms with Crippen LogP contribution in [0.2, 0.25) is 0 Å². The fourth-order valence-corrected chi connectivity index (χ4v) is 2.52. The minimum Gasteiger partial charge on any atom is -0.368 e. The molecule has 0 radical (unpaired) electrons. The fourth-order valence-electron chi connectivity index (χ4n) is 1.12. The molecule has 0 aliphatic carbocycles. The highest BCUT2D eigenvalue weighted by molar-refractivity contribution is 9.10. The van der Waals surface area contributed by atoms with Crippen LogP contribution in [0.4, 0.5) is 0 Å². The van der Waals surface area contributed by atoms with Crippen LogP contribution in [0.1, 0.15) is 18.2 Å². The molecule has 1 amide bonds. The molecule has 0 aromatic carbocycles. The normalized spacial score (nSPS) is 12.7. The molecule has 0 bridgehead atoms. The smallest absolute Gasteiger partial charge is 0.234 e. The maximum atomic E-state index is 10.9. The molecular formula is C9H13BrN2OS. The van der Waals surface area contributed by atoms with Crippen molar-refractivity contribution in [3.63, 3.8) is 0 Å². The molecule has 1 unspecified atom stereocenters. The van der Waals surface area contributed by atoms with Gasteiger partial charge in [0.2, 0.25) is 5.91 Å². The van der Waals surface area contributed by atoms with Gasteiger partial charge in [-0.05, 0) is 28.4 Å². The molecule has 1 aromatic rings. The first-order chi connectivity index (χ1) is 6.63. The summed E-state index contributed by atoms with van der Waals surface area (Å²) in [7, 11) is 0. The Morgan fingerprint density at radius 1 is 1.79 bits per heavy atom. The summed E-state index contributed by atoms with van der Waals surface area (Å²) >= 11 is 5.03. The second-order valence-corrected chi connectivity index (χ2v) is 4.89. The quantitative estimate of drug-likeness (QED) is 0.863. The second-order valence-electron chi connectivity index (χ2n) is 2.98. The van der Waals surface area contributed by atoms with Gasteiger partial charge in [0.15, 0.2) is 0 Å². The number of rotatable bonds is 5. The monoisotopic (exact) mass is 276 g/mol. The maximum Gasteiger partial charge on any atom is 0.234 e. The van der Waals surface area contributed by atoms with Crippen molar-refractivity contribution in [3.05, 3.63) is 20.8 Å². The van der Waals surface area contributed by atoms with E-state index in [1.165, 1.54) is 4.88 Å². The maximum absolute atomic E-state index is 10.9. The van der Waals surface area contributed by atoms with Gasteiger partial charge in [-0.25, -0.2) is 0 Å². The lowest BCUT2D eigenvalue weighted by Gasteiger charge is -2.11. The third-order valence-corrected chi connectivity index (χ3v) is 3.59. The highest BCUT2D eigenvalue weighted by Crippen LogP contribution is 2.19. The molecule has 0 spiro atoms. The summed E-state index contributed by atoms with van der Waals surface area (Å²) in [5.41, 5.74) is 5.21. The number of hydrogen-bond donors (Lipinski definition) is 2. The van der Waals surface area contributed by atoms with Crippen LogP contribution >= 0.6 is 27.3 Å². The van der Waals surface area contributed by atoms with Gasteiger partial charge in [-0.2, -0.15) is 0 Å². The van der Waals surface area contributed by atoms with E-state index in [0.717, 1.165) is 10.9 Å². The summed E-state index contributed by atoms with van der Waals surface area (Å²) in [4.78, 5) is 12.1. The van der Waals surface area contributed by atoms with Crippen molar-refractivity contribution in [2.24, 2.45) is 5.73 Å². The molecule has 0 aliphatic heterocycles. The van der Waals surface area contributed by atoms with Crippen LogP contribution in [0.25, 0.3) is 0 Å². The number of carbonyl (C=O) groups is 1. The molecule has 5 heteroatoms. The largest absolute Gasteiger partial charge is 0.368 e. The van der Waals surface area contributed by atoms with Gasteiger partial charge in [0, 0.05) is 21.3 Å². The highest BCUT2D eigenvalue weighted by atomic mass is 79.9. The van der Waals surface area contributed by atoms with E-state index in [2.05, 4.69) is 21.2 Å². The Morgan fingerprint density at radius 2 is 2.50 bits per heavy atom. The van der Waals surface area contributed by atoms with Gasteiger partial charge in [0.25, 0.3) is 0 Å². The van der Waals surface area contributed by atoms with Crippen LogP contribution in [0.15, 0.2) is 15.9 Å². The molecule has 0 fully saturated rings. The Hall–Kier alpha value is -0.390. The van der Waals surface area contributed by atoms with Crippen LogP contribution < -0.4 is 11.1 Å². The molecular weight excluding hydrogens is 264 g/mol. The molecule has 1 aromatic heterocycles. The summed E-state index contributed by atoms with van der Waals surface area (Å²) in [6, 6.07) is 1.81. The molecule has 1 atom stereocenters. The zero-order valence-electron chi connectivity index (χ0n) is 7.92. The van der Waals surface area contributed by atoms with Crippen LogP contribution in [0, 0.1) is 0 Å². The average Bonchev–Trinajstić information content (AvgIpc) is 2.52. The third-order valence-electron chi connectivity index (χ3n) is 1.90. The average molecular weight is 277 g/mol. The highest BCUT2D eigenvalue weighted by Gasteiger charge is 2.11. The second kappa shape index (κ2) is 5.48. The van der Waals surface area contributed by atoms with Crippen molar-refractivity contribution < 1.29 is 4.79 Å². The molecule has 0 saturated carbocycles. The van der Waals surface area contributed by atoms with E-state index in [4.69, 9.17) is 5.73 Å². The standard InChI is InChI=1S/C9H13BrN2OS/c1-2-8(9(11)13)12-4-7-3-6(10)5-14-7/h3,5,8,12H,2,4H2,1H3,(H2,11,13). The van der Waals surface area contributed by atoms with E-state index in [0.29, 0.717) is 6.54 Å². The third kappa shape index (κ3) is 3.40. The van der Waals surface area contributed by atoms with Crippen molar-refractivity contribution in [3.8, 4) is 0 Å². The molecule has 78 valence electrons. The molecule has 3 N–H and O–H groups in total. The summed E-state index contributed by atoms with van der Waals surface area (Å²) in [5.74, 6) is -0.289. The first kappa shape index (κ1) is 11.7. The van der Waals surface area contributed by atoms with Crippen molar-refractivity contribution in [2.45, 2.75) is 25.9 Å². The Labute approximate surface area is 95.8 Å². The topological polar surface area (TPSA) is 55.1 Å². The first-order valence-electron chi connectivity index (χ1n) is 4.39. The van der Waals surface area contributed by atoms with Gasteiger partial charge in [0.05, 0.1) is 6.04 Å². The van der Waals surface area contributed by atoms with Crippen molar-refractivity contribution in [1.29, 1.82) is 0 Å². The minimum absolute atomic E-state index is 0.226. The Morgan fingerprint density at radius 3 is 2.93 bits per heavy atom. The lowest BCUT2D eigenvalue weighted by Crippen LogP contribution is -2.40. The van der Waals surface area contributed by atoms with Gasteiger partial charge >= 0.3 is 0 Å². The van der Waals surface area contributed by atoms with Gasteiger partial charge < -0.3 is 11.1 Å². The molecule has 3 nitrogen and oxygen atoms in total. The van der Waals surface area contributed by atoms with Crippen molar-refractivity contribution in [1.82, 2.24) is 5.32 Å². The molecule has 0 saturated heterocycles. The van der Waals surface area contributed by atoms with E-state index in [-0.39, 0.29) is 11.9 Å². The number of halogens is 1. The lowest BCUT2D eigenvalue weighted by molar-refractivity contribution is -0.120. The zero-order valence-corrected chi connectivity index (χ0v) is 10.3. The number of amides is 1. The van der Waals surface area contributed by atoms with E-state index >= 15 is 0 Å². The Kier molecular flexibility index (Phi) is 4.57. The number of nitrogens with one attached hydrogen (secondary N) is 1. The fraction of sp³-hybridized carbons (Fsp3) is 0.444. The summed E-state index contributed by atoms with van der Waals surface area (Å²) < 4.78 is 1.08.